The van der Waals surface area contributed by atoms with Crippen LogP contribution in [0.25, 0.3) is 16.8 Å². The summed E-state index contributed by atoms with van der Waals surface area (Å²) in [7, 11) is 0. The summed E-state index contributed by atoms with van der Waals surface area (Å²) in [6, 6.07) is 26.6. The van der Waals surface area contributed by atoms with Crippen molar-refractivity contribution in [3.63, 3.8) is 0 Å². The van der Waals surface area contributed by atoms with E-state index in [9.17, 15) is 10.2 Å². The van der Waals surface area contributed by atoms with Gasteiger partial charge in [0.15, 0.2) is 0 Å². The Kier molecular flexibility index (Phi) is 10.5. The fourth-order valence-corrected chi connectivity index (χ4v) is 4.81. The number of aliphatic hydroxyl groups excluding tert-OH is 2. The van der Waals surface area contributed by atoms with Crippen LogP contribution in [-0.4, -0.2) is 90.1 Å². The molecule has 0 bridgehead atoms. The van der Waals surface area contributed by atoms with Crippen molar-refractivity contribution in [2.24, 2.45) is 0 Å². The van der Waals surface area contributed by atoms with E-state index in [2.05, 4.69) is 51.6 Å². The number of morpholine rings is 1. The fraction of sp³-hybridized carbons (Fsp3) is 0.375. The first-order valence-electron chi connectivity index (χ1n) is 14.1. The maximum atomic E-state index is 10.4. The van der Waals surface area contributed by atoms with Crippen LogP contribution in [0.5, 0.6) is 0 Å². The van der Waals surface area contributed by atoms with Crippen LogP contribution < -0.4 is 4.90 Å². The predicted octanol–water partition coefficient (Wildman–Crippen LogP) is 3.31. The first-order chi connectivity index (χ1) is 20.1. The van der Waals surface area contributed by atoms with Crippen molar-refractivity contribution in [3.05, 3.63) is 96.3 Å². The van der Waals surface area contributed by atoms with Gasteiger partial charge in [0.2, 0.25) is 0 Å². The van der Waals surface area contributed by atoms with Gasteiger partial charge in [-0.3, -0.25) is 0 Å². The Balaban J connectivity index is 0.953. The topological polar surface area (TPSA) is 102 Å². The standard InChI is InChI=1S/C32H38N4O5/c37-31(20-25-6-8-27(9-7-25)26-4-2-1-3-5-26)23-40-18-19-41-24-32(38)21-28-22-36(34-33-28)30-12-10-29(11-13-30)35-14-16-39-17-15-35/h1-13,22,31-32,37-38H,14-21,23-24H2/t31-,32-/m0/s1. The zero-order valence-corrected chi connectivity index (χ0v) is 23.2. The minimum atomic E-state index is -0.701. The Morgan fingerprint density at radius 1 is 0.732 bits per heavy atom. The first-order valence-corrected chi connectivity index (χ1v) is 14.1. The molecule has 216 valence electrons. The molecular weight excluding hydrogens is 520 g/mol. The lowest BCUT2D eigenvalue weighted by Crippen LogP contribution is -2.36. The molecule has 2 N–H and O–H groups in total. The van der Waals surface area contributed by atoms with E-state index in [1.54, 1.807) is 4.68 Å². The molecule has 1 aliphatic heterocycles. The Morgan fingerprint density at radius 2 is 1.34 bits per heavy atom. The van der Waals surface area contributed by atoms with Crippen LogP contribution in [0, 0.1) is 0 Å². The monoisotopic (exact) mass is 558 g/mol. The largest absolute Gasteiger partial charge is 0.390 e. The van der Waals surface area contributed by atoms with Gasteiger partial charge in [-0.25, -0.2) is 4.68 Å². The molecule has 0 radical (unpaired) electrons. The average molecular weight is 559 g/mol. The fourth-order valence-electron chi connectivity index (χ4n) is 4.81. The Bertz CT molecular complexity index is 1310. The molecule has 1 aromatic heterocycles. The number of hydrogen-bond donors (Lipinski definition) is 2. The molecule has 9 heteroatoms. The number of anilines is 1. The molecule has 0 spiro atoms. The van der Waals surface area contributed by atoms with Crippen molar-refractivity contribution in [2.75, 3.05) is 57.6 Å². The van der Waals surface area contributed by atoms with E-state index in [-0.39, 0.29) is 13.2 Å². The average Bonchev–Trinajstić information content (AvgIpc) is 3.48. The third-order valence-corrected chi connectivity index (χ3v) is 7.00. The first kappa shape index (κ1) is 28.9. The van der Waals surface area contributed by atoms with Crippen LogP contribution in [0.4, 0.5) is 5.69 Å². The van der Waals surface area contributed by atoms with Crippen molar-refractivity contribution in [3.8, 4) is 16.8 Å². The molecule has 0 amide bonds. The molecule has 4 aromatic rings. The van der Waals surface area contributed by atoms with Gasteiger partial charge in [-0.1, -0.05) is 59.8 Å². The van der Waals surface area contributed by atoms with Crippen molar-refractivity contribution in [1.29, 1.82) is 0 Å². The highest BCUT2D eigenvalue weighted by molar-refractivity contribution is 5.63. The summed E-state index contributed by atoms with van der Waals surface area (Å²) in [5.41, 5.74) is 6.15. The molecule has 1 fully saturated rings. The maximum Gasteiger partial charge on any atom is 0.0858 e. The van der Waals surface area contributed by atoms with Crippen LogP contribution in [-0.2, 0) is 27.1 Å². The number of aliphatic hydroxyl groups is 2. The molecule has 5 rings (SSSR count). The van der Waals surface area contributed by atoms with E-state index in [1.165, 1.54) is 5.56 Å². The van der Waals surface area contributed by atoms with Crippen LogP contribution in [0.15, 0.2) is 85.1 Å². The van der Waals surface area contributed by atoms with Crippen molar-refractivity contribution >= 4 is 5.69 Å². The lowest BCUT2D eigenvalue weighted by molar-refractivity contribution is -0.0165. The van der Waals surface area contributed by atoms with E-state index >= 15 is 0 Å². The summed E-state index contributed by atoms with van der Waals surface area (Å²) in [4.78, 5) is 2.30. The highest BCUT2D eigenvalue weighted by Gasteiger charge is 2.13. The normalized spacial score (nSPS) is 15.1. The lowest BCUT2D eigenvalue weighted by Gasteiger charge is -2.28. The second-order valence-electron chi connectivity index (χ2n) is 10.2. The third-order valence-electron chi connectivity index (χ3n) is 7.00. The minimum absolute atomic E-state index is 0.167. The van der Waals surface area contributed by atoms with Crippen LogP contribution in [0.2, 0.25) is 0 Å². The number of hydrogen-bond acceptors (Lipinski definition) is 8. The smallest absolute Gasteiger partial charge is 0.0858 e. The zero-order valence-electron chi connectivity index (χ0n) is 23.2. The highest BCUT2D eigenvalue weighted by atomic mass is 16.5. The molecule has 1 aliphatic rings. The number of benzene rings is 3. The molecular formula is C32H38N4O5. The zero-order chi connectivity index (χ0) is 28.3. The van der Waals surface area contributed by atoms with Crippen molar-refractivity contribution in [1.82, 2.24) is 15.0 Å². The van der Waals surface area contributed by atoms with E-state index in [0.717, 1.165) is 48.8 Å². The van der Waals surface area contributed by atoms with Crippen LogP contribution in [0.3, 0.4) is 0 Å². The van der Waals surface area contributed by atoms with Gasteiger partial charge in [0.1, 0.15) is 0 Å². The predicted molar refractivity (Wildman–Crippen MR) is 157 cm³/mol. The van der Waals surface area contributed by atoms with E-state index in [4.69, 9.17) is 14.2 Å². The summed E-state index contributed by atoms with van der Waals surface area (Å²) in [5.74, 6) is 0. The molecule has 9 nitrogen and oxygen atoms in total. The molecule has 0 aliphatic carbocycles. The van der Waals surface area contributed by atoms with E-state index in [0.29, 0.717) is 31.7 Å². The number of aromatic nitrogens is 3. The van der Waals surface area contributed by atoms with Crippen LogP contribution in [0.1, 0.15) is 11.3 Å². The lowest BCUT2D eigenvalue weighted by atomic mass is 10.0. The number of rotatable bonds is 14. The van der Waals surface area contributed by atoms with Gasteiger partial charge in [-0.15, -0.1) is 5.10 Å². The molecule has 0 saturated carbocycles. The molecule has 1 saturated heterocycles. The Morgan fingerprint density at radius 3 is 2.02 bits per heavy atom. The summed E-state index contributed by atoms with van der Waals surface area (Å²) in [5, 5.41) is 29.1. The second kappa shape index (κ2) is 14.9. The van der Waals surface area contributed by atoms with Gasteiger partial charge >= 0.3 is 0 Å². The summed E-state index contributed by atoms with van der Waals surface area (Å²) in [6.45, 7) is 4.36. The summed E-state index contributed by atoms with van der Waals surface area (Å²) < 4.78 is 18.3. The van der Waals surface area contributed by atoms with Gasteiger partial charge in [-0.05, 0) is 41.0 Å². The third kappa shape index (κ3) is 8.69. The Hall–Kier alpha value is -3.60. The van der Waals surface area contributed by atoms with E-state index < -0.39 is 12.2 Å². The van der Waals surface area contributed by atoms with Gasteiger partial charge in [0.05, 0.1) is 69.4 Å². The van der Waals surface area contributed by atoms with E-state index in [1.807, 2.05) is 48.7 Å². The minimum Gasteiger partial charge on any atom is -0.390 e. The van der Waals surface area contributed by atoms with Gasteiger partial charge in [-0.2, -0.15) is 0 Å². The van der Waals surface area contributed by atoms with Gasteiger partial charge < -0.3 is 29.3 Å². The van der Waals surface area contributed by atoms with Gasteiger partial charge in [0, 0.05) is 31.6 Å². The highest BCUT2D eigenvalue weighted by Crippen LogP contribution is 2.20. The van der Waals surface area contributed by atoms with Crippen LogP contribution >= 0.6 is 0 Å². The molecule has 2 atom stereocenters. The molecule has 2 heterocycles. The number of ether oxygens (including phenoxy) is 3. The quantitative estimate of drug-likeness (QED) is 0.227. The Labute approximate surface area is 240 Å². The SMILES string of the molecule is O[C@H](COCCOC[C@@H](O)Cc1cn(-c2ccc(N3CCOCC3)cc2)nn1)Cc1ccc(-c2ccccc2)cc1. The van der Waals surface area contributed by atoms with Crippen molar-refractivity contribution < 1.29 is 24.4 Å². The summed E-state index contributed by atoms with van der Waals surface area (Å²) in [6.07, 6.45) is 1.39. The second-order valence-corrected chi connectivity index (χ2v) is 10.2. The molecule has 0 unspecified atom stereocenters. The van der Waals surface area contributed by atoms with Crippen molar-refractivity contribution in [2.45, 2.75) is 25.0 Å². The maximum absolute atomic E-state index is 10.4. The summed E-state index contributed by atoms with van der Waals surface area (Å²) >= 11 is 0. The molecule has 41 heavy (non-hydrogen) atoms. The number of nitrogens with zero attached hydrogens (tertiary/aromatic N) is 4. The molecule has 3 aromatic carbocycles. The van der Waals surface area contributed by atoms with Gasteiger partial charge in [0.25, 0.3) is 0 Å².